The molecule has 1 fully saturated rings. The lowest BCUT2D eigenvalue weighted by molar-refractivity contribution is 0.230. The van der Waals surface area contributed by atoms with Crippen molar-refractivity contribution in [1.82, 2.24) is 5.32 Å². The van der Waals surface area contributed by atoms with Crippen LogP contribution in [0.25, 0.3) is 0 Å². The zero-order valence-corrected chi connectivity index (χ0v) is 10.4. The van der Waals surface area contributed by atoms with Crippen molar-refractivity contribution in [3.8, 4) is 0 Å². The van der Waals surface area contributed by atoms with Gasteiger partial charge < -0.3 is 10.4 Å². The number of nitrogens with one attached hydrogen (secondary N) is 1. The highest BCUT2D eigenvalue weighted by Gasteiger charge is 2.21. The van der Waals surface area contributed by atoms with E-state index in [0.717, 1.165) is 12.8 Å². The van der Waals surface area contributed by atoms with Gasteiger partial charge in [-0.25, -0.2) is 4.39 Å². The maximum atomic E-state index is 13.7. The summed E-state index contributed by atoms with van der Waals surface area (Å²) in [6.07, 6.45) is 4.60. The molecule has 4 heteroatoms. The van der Waals surface area contributed by atoms with Crippen molar-refractivity contribution in [1.29, 1.82) is 0 Å². The molecule has 1 aromatic rings. The van der Waals surface area contributed by atoms with Crippen LogP contribution in [0.15, 0.2) is 18.2 Å². The summed E-state index contributed by atoms with van der Waals surface area (Å²) in [7, 11) is 0. The quantitative estimate of drug-likeness (QED) is 0.869. The van der Waals surface area contributed by atoms with Crippen LogP contribution in [-0.2, 0) is 0 Å². The van der Waals surface area contributed by atoms with Crippen LogP contribution in [0.1, 0.15) is 37.3 Å². The molecule has 1 aliphatic carbocycles. The van der Waals surface area contributed by atoms with Crippen molar-refractivity contribution in [2.45, 2.75) is 37.8 Å². The summed E-state index contributed by atoms with van der Waals surface area (Å²) in [4.78, 5) is 0. The predicted octanol–water partition coefficient (Wildman–Crippen LogP) is 3.04. The van der Waals surface area contributed by atoms with E-state index in [4.69, 9.17) is 11.6 Å². The summed E-state index contributed by atoms with van der Waals surface area (Å²) in [6, 6.07) is 4.46. The lowest BCUT2D eigenvalue weighted by Gasteiger charge is -2.22. The Bertz CT molecular complexity index is 380. The van der Waals surface area contributed by atoms with Crippen molar-refractivity contribution in [3.05, 3.63) is 34.6 Å². The molecule has 2 N–H and O–H groups in total. The number of rotatable bonds is 4. The van der Waals surface area contributed by atoms with Crippen LogP contribution in [-0.4, -0.2) is 17.8 Å². The molecular weight excluding hydrogens is 241 g/mol. The Morgan fingerprint density at radius 3 is 2.76 bits per heavy atom. The third kappa shape index (κ3) is 3.18. The average Bonchev–Trinajstić information content (AvgIpc) is 2.82. The van der Waals surface area contributed by atoms with Crippen LogP contribution in [0, 0.1) is 5.82 Å². The fraction of sp³-hybridized carbons (Fsp3) is 0.538. The molecule has 0 heterocycles. The predicted molar refractivity (Wildman–Crippen MR) is 66.6 cm³/mol. The van der Waals surface area contributed by atoms with Gasteiger partial charge in [-0.05, 0) is 31.0 Å². The van der Waals surface area contributed by atoms with Gasteiger partial charge in [0.2, 0.25) is 0 Å². The van der Waals surface area contributed by atoms with Crippen LogP contribution in [0.2, 0.25) is 5.02 Å². The van der Waals surface area contributed by atoms with Crippen LogP contribution in [0.3, 0.4) is 0 Å². The van der Waals surface area contributed by atoms with Crippen molar-refractivity contribution in [2.75, 3.05) is 6.61 Å². The minimum absolute atomic E-state index is 0.117. The van der Waals surface area contributed by atoms with Gasteiger partial charge in [-0.15, -0.1) is 0 Å². The summed E-state index contributed by atoms with van der Waals surface area (Å²) in [5.41, 5.74) is 0.451. The maximum Gasteiger partial charge on any atom is 0.128 e. The smallest absolute Gasteiger partial charge is 0.128 e. The zero-order valence-electron chi connectivity index (χ0n) is 9.63. The van der Waals surface area contributed by atoms with E-state index in [1.54, 1.807) is 6.07 Å². The molecule has 0 spiro atoms. The summed E-state index contributed by atoms with van der Waals surface area (Å²) >= 11 is 5.86. The molecular formula is C13H17ClFNO. The third-order valence-electron chi connectivity index (χ3n) is 3.31. The highest BCUT2D eigenvalue weighted by molar-refractivity contribution is 6.30. The lowest BCUT2D eigenvalue weighted by atomic mass is 10.1. The van der Waals surface area contributed by atoms with Gasteiger partial charge in [0.1, 0.15) is 5.82 Å². The van der Waals surface area contributed by atoms with Crippen LogP contribution >= 0.6 is 11.6 Å². The van der Waals surface area contributed by atoms with Gasteiger partial charge in [0.15, 0.2) is 0 Å². The largest absolute Gasteiger partial charge is 0.394 e. The number of aliphatic hydroxyl groups excluding tert-OH is 1. The number of hydrogen-bond donors (Lipinski definition) is 2. The van der Waals surface area contributed by atoms with Gasteiger partial charge in [0.05, 0.1) is 12.6 Å². The second kappa shape index (κ2) is 5.80. The Morgan fingerprint density at radius 1 is 1.41 bits per heavy atom. The highest BCUT2D eigenvalue weighted by Crippen LogP contribution is 2.25. The molecule has 0 saturated heterocycles. The van der Waals surface area contributed by atoms with E-state index in [0.29, 0.717) is 16.6 Å². The first-order valence-corrected chi connectivity index (χ1v) is 6.40. The molecule has 0 aromatic heterocycles. The highest BCUT2D eigenvalue weighted by atomic mass is 35.5. The Hall–Kier alpha value is -0.640. The molecule has 94 valence electrons. The molecule has 0 amide bonds. The van der Waals surface area contributed by atoms with E-state index >= 15 is 0 Å². The SMILES string of the molecule is OCC(NC1CCCC1)c1cc(Cl)ccc1F. The molecule has 0 bridgehead atoms. The number of hydrogen-bond acceptors (Lipinski definition) is 2. The summed E-state index contributed by atoms with van der Waals surface area (Å²) in [6.45, 7) is -0.117. The van der Waals surface area contributed by atoms with Gasteiger partial charge in [-0.2, -0.15) is 0 Å². The first-order valence-electron chi connectivity index (χ1n) is 6.02. The maximum absolute atomic E-state index is 13.7. The molecule has 2 nitrogen and oxygen atoms in total. The standard InChI is InChI=1S/C13H17ClFNO/c14-9-5-6-12(15)11(7-9)13(8-17)16-10-3-1-2-4-10/h5-7,10,13,16-17H,1-4,8H2. The van der Waals surface area contributed by atoms with E-state index in [2.05, 4.69) is 5.32 Å². The van der Waals surface area contributed by atoms with Gasteiger partial charge >= 0.3 is 0 Å². The average molecular weight is 258 g/mol. The topological polar surface area (TPSA) is 32.3 Å². The second-order valence-electron chi connectivity index (χ2n) is 4.55. The Kier molecular flexibility index (Phi) is 4.37. The first-order chi connectivity index (χ1) is 8.20. The molecule has 0 radical (unpaired) electrons. The Labute approximate surface area is 106 Å². The van der Waals surface area contributed by atoms with Gasteiger partial charge in [-0.1, -0.05) is 24.4 Å². The molecule has 0 aliphatic heterocycles. The summed E-state index contributed by atoms with van der Waals surface area (Å²) in [5, 5.41) is 13.2. The minimum Gasteiger partial charge on any atom is -0.394 e. The van der Waals surface area contributed by atoms with Gasteiger partial charge in [0.25, 0.3) is 0 Å². The lowest BCUT2D eigenvalue weighted by Crippen LogP contribution is -2.33. The Balaban J connectivity index is 2.13. The van der Waals surface area contributed by atoms with Crippen LogP contribution in [0.4, 0.5) is 4.39 Å². The number of aliphatic hydroxyl groups is 1. The van der Waals surface area contributed by atoms with Crippen LogP contribution in [0.5, 0.6) is 0 Å². The molecule has 17 heavy (non-hydrogen) atoms. The first kappa shape index (κ1) is 12.8. The van der Waals surface area contributed by atoms with Gasteiger partial charge in [-0.3, -0.25) is 0 Å². The zero-order chi connectivity index (χ0) is 12.3. The monoisotopic (exact) mass is 257 g/mol. The van der Waals surface area contributed by atoms with Crippen LogP contribution < -0.4 is 5.32 Å². The fourth-order valence-electron chi connectivity index (χ4n) is 2.40. The van der Waals surface area contributed by atoms with Crippen molar-refractivity contribution in [2.24, 2.45) is 0 Å². The van der Waals surface area contributed by atoms with Crippen molar-refractivity contribution < 1.29 is 9.50 Å². The summed E-state index contributed by atoms with van der Waals surface area (Å²) in [5.74, 6) is -0.320. The number of halogens is 2. The van der Waals surface area contributed by atoms with E-state index in [-0.39, 0.29) is 18.5 Å². The van der Waals surface area contributed by atoms with E-state index in [1.165, 1.54) is 25.0 Å². The Morgan fingerprint density at radius 2 is 2.12 bits per heavy atom. The van der Waals surface area contributed by atoms with Gasteiger partial charge in [0, 0.05) is 16.6 Å². The third-order valence-corrected chi connectivity index (χ3v) is 3.54. The molecule has 1 aromatic carbocycles. The summed E-state index contributed by atoms with van der Waals surface area (Å²) < 4.78 is 13.7. The van der Waals surface area contributed by atoms with Crippen molar-refractivity contribution >= 4 is 11.6 Å². The molecule has 1 aliphatic rings. The minimum atomic E-state index is -0.364. The van der Waals surface area contributed by atoms with Crippen molar-refractivity contribution in [3.63, 3.8) is 0 Å². The molecule has 1 saturated carbocycles. The molecule has 1 unspecified atom stereocenters. The second-order valence-corrected chi connectivity index (χ2v) is 4.99. The molecule has 2 rings (SSSR count). The fourth-order valence-corrected chi connectivity index (χ4v) is 2.58. The van der Waals surface area contributed by atoms with E-state index < -0.39 is 0 Å². The van der Waals surface area contributed by atoms with E-state index in [1.807, 2.05) is 0 Å². The molecule has 1 atom stereocenters. The normalized spacial score (nSPS) is 18.5. The van der Waals surface area contributed by atoms with E-state index in [9.17, 15) is 9.50 Å². The number of benzene rings is 1.